The highest BCUT2D eigenvalue weighted by Gasteiger charge is 2.44. The number of rotatable bonds is 4. The Morgan fingerprint density at radius 2 is 2.00 bits per heavy atom. The lowest BCUT2D eigenvalue weighted by Crippen LogP contribution is -2.54. The van der Waals surface area contributed by atoms with Gasteiger partial charge in [0.2, 0.25) is 0 Å². The summed E-state index contributed by atoms with van der Waals surface area (Å²) in [5.74, 6) is 0.165. The second-order valence-electron chi connectivity index (χ2n) is 8.18. The first-order valence-corrected chi connectivity index (χ1v) is 9.81. The fourth-order valence-electron chi connectivity index (χ4n) is 3.45. The fourth-order valence-corrected chi connectivity index (χ4v) is 3.45. The van der Waals surface area contributed by atoms with E-state index in [-0.39, 0.29) is 24.4 Å². The Balaban J connectivity index is 1.66. The summed E-state index contributed by atoms with van der Waals surface area (Å²) < 4.78 is 41.2. The quantitative estimate of drug-likeness (QED) is 0.798. The molecule has 8 nitrogen and oxygen atoms in total. The Kier molecular flexibility index (Phi) is 6.64. The van der Waals surface area contributed by atoms with Gasteiger partial charge in [0, 0.05) is 13.1 Å². The van der Waals surface area contributed by atoms with Crippen molar-refractivity contribution in [1.29, 1.82) is 0 Å². The van der Waals surface area contributed by atoms with Gasteiger partial charge in [-0.15, -0.1) is 0 Å². The van der Waals surface area contributed by atoms with Crippen LogP contribution in [0.4, 0.5) is 24.1 Å². The minimum atomic E-state index is -2.62. The van der Waals surface area contributed by atoms with Crippen molar-refractivity contribution in [3.63, 3.8) is 0 Å². The van der Waals surface area contributed by atoms with E-state index in [1.165, 1.54) is 11.0 Å². The highest BCUT2D eigenvalue weighted by Crippen LogP contribution is 2.28. The van der Waals surface area contributed by atoms with Crippen LogP contribution in [-0.2, 0) is 9.47 Å². The Morgan fingerprint density at radius 3 is 2.70 bits per heavy atom. The minimum Gasteiger partial charge on any atom is -0.485 e. The lowest BCUT2D eigenvalue weighted by Gasteiger charge is -2.36. The summed E-state index contributed by atoms with van der Waals surface area (Å²) in [6.07, 6.45) is -3.39. The first-order valence-electron chi connectivity index (χ1n) is 9.81. The van der Waals surface area contributed by atoms with Crippen LogP contribution in [0.15, 0.2) is 24.3 Å². The number of alkyl halides is 2. The number of carbonyl (C=O) groups is 2. The van der Waals surface area contributed by atoms with Crippen LogP contribution in [0.3, 0.4) is 0 Å². The third-order valence-electron chi connectivity index (χ3n) is 4.71. The van der Waals surface area contributed by atoms with Crippen LogP contribution in [0.1, 0.15) is 20.8 Å². The molecule has 0 unspecified atom stereocenters. The topological polar surface area (TPSA) is 80.3 Å². The minimum absolute atomic E-state index is 0.165. The average Bonchev–Trinajstić information content (AvgIpc) is 3.10. The molecule has 2 fully saturated rings. The van der Waals surface area contributed by atoms with Crippen molar-refractivity contribution in [1.82, 2.24) is 9.80 Å². The van der Waals surface area contributed by atoms with Crippen LogP contribution in [0.25, 0.3) is 0 Å². The summed E-state index contributed by atoms with van der Waals surface area (Å²) in [6.45, 7) is 5.90. The summed E-state index contributed by atoms with van der Waals surface area (Å²) >= 11 is 0. The van der Waals surface area contributed by atoms with Gasteiger partial charge < -0.3 is 29.3 Å². The molecule has 10 heteroatoms. The van der Waals surface area contributed by atoms with E-state index in [1.54, 1.807) is 43.9 Å². The normalized spacial score (nSPS) is 21.4. The summed E-state index contributed by atoms with van der Waals surface area (Å²) in [5.41, 5.74) is -0.321. The van der Waals surface area contributed by atoms with Gasteiger partial charge in [-0.25, -0.2) is 18.4 Å². The number of nitrogens with zero attached hydrogens (tertiary/aromatic N) is 2. The fraction of sp³-hybridized carbons (Fsp3) is 0.600. The number of morpholine rings is 1. The molecular formula is C20H27F2N3O5. The second-order valence-corrected chi connectivity index (χ2v) is 8.18. The largest absolute Gasteiger partial charge is 0.485 e. The lowest BCUT2D eigenvalue weighted by atomic mass is 10.1. The van der Waals surface area contributed by atoms with Gasteiger partial charge in [-0.1, -0.05) is 12.1 Å². The SMILES string of the molecule is CC(C)(C)OC(=O)N1C[C@@H]2OCCN(C(=O)Nc3ccccc3OCC(F)F)[C@@H]2C1. The van der Waals surface area contributed by atoms with Crippen LogP contribution in [0, 0.1) is 0 Å². The maximum absolute atomic E-state index is 12.9. The maximum atomic E-state index is 12.9. The van der Waals surface area contributed by atoms with E-state index < -0.39 is 30.8 Å². The van der Waals surface area contributed by atoms with E-state index in [0.717, 1.165) is 0 Å². The molecule has 30 heavy (non-hydrogen) atoms. The molecule has 166 valence electrons. The standard InChI is InChI=1S/C20H27F2N3O5/c1-20(2,3)30-19(27)24-10-14-16(11-24)28-9-8-25(14)18(26)23-13-6-4-5-7-15(13)29-12-17(21)22/h4-7,14,16-17H,8-12H2,1-3H3,(H,23,26)/t14-,16+/m1/s1. The average molecular weight is 427 g/mol. The molecule has 0 aromatic heterocycles. The molecule has 1 aromatic rings. The van der Waals surface area contributed by atoms with Crippen LogP contribution in [-0.4, -0.2) is 78.9 Å². The van der Waals surface area contributed by atoms with Crippen molar-refractivity contribution >= 4 is 17.8 Å². The van der Waals surface area contributed by atoms with Gasteiger partial charge >= 0.3 is 12.1 Å². The highest BCUT2D eigenvalue weighted by molar-refractivity contribution is 5.91. The van der Waals surface area contributed by atoms with E-state index in [0.29, 0.717) is 25.4 Å². The van der Waals surface area contributed by atoms with Crippen molar-refractivity contribution in [2.45, 2.75) is 44.9 Å². The first kappa shape index (κ1) is 22.1. The third-order valence-corrected chi connectivity index (χ3v) is 4.71. The molecule has 2 atom stereocenters. The van der Waals surface area contributed by atoms with Crippen molar-refractivity contribution in [3.8, 4) is 5.75 Å². The van der Waals surface area contributed by atoms with Crippen LogP contribution in [0.5, 0.6) is 5.75 Å². The van der Waals surface area contributed by atoms with Crippen molar-refractivity contribution < 1.29 is 32.6 Å². The van der Waals surface area contributed by atoms with Crippen molar-refractivity contribution in [2.24, 2.45) is 0 Å². The summed E-state index contributed by atoms with van der Waals surface area (Å²) in [6, 6.07) is 5.66. The number of fused-ring (bicyclic) bond motifs is 1. The summed E-state index contributed by atoms with van der Waals surface area (Å²) in [7, 11) is 0. The molecule has 0 radical (unpaired) electrons. The molecule has 3 rings (SSSR count). The number of urea groups is 1. The van der Waals surface area contributed by atoms with Crippen LogP contribution in [0.2, 0.25) is 0 Å². The van der Waals surface area contributed by atoms with Crippen LogP contribution >= 0.6 is 0 Å². The Labute approximate surface area is 174 Å². The molecular weight excluding hydrogens is 400 g/mol. The molecule has 2 aliphatic rings. The molecule has 0 bridgehead atoms. The molecule has 2 saturated heterocycles. The monoisotopic (exact) mass is 427 g/mol. The highest BCUT2D eigenvalue weighted by atomic mass is 19.3. The lowest BCUT2D eigenvalue weighted by molar-refractivity contribution is -0.0285. The van der Waals surface area contributed by atoms with Gasteiger partial charge in [-0.2, -0.15) is 0 Å². The molecule has 1 aromatic carbocycles. The number of benzene rings is 1. The Bertz CT molecular complexity index is 771. The maximum Gasteiger partial charge on any atom is 0.410 e. The molecule has 2 heterocycles. The predicted octanol–water partition coefficient (Wildman–Crippen LogP) is 3.18. The number of para-hydroxylation sites is 2. The number of halogens is 2. The molecule has 0 spiro atoms. The van der Waals surface area contributed by atoms with Gasteiger partial charge in [0.25, 0.3) is 6.43 Å². The van der Waals surface area contributed by atoms with Gasteiger partial charge in [-0.05, 0) is 32.9 Å². The second kappa shape index (κ2) is 9.03. The first-order chi connectivity index (χ1) is 14.1. The number of ether oxygens (including phenoxy) is 3. The Hall–Kier alpha value is -2.62. The predicted molar refractivity (Wildman–Crippen MR) is 105 cm³/mol. The molecule has 1 N–H and O–H groups in total. The summed E-state index contributed by atoms with van der Waals surface area (Å²) in [4.78, 5) is 28.5. The van der Waals surface area contributed by atoms with E-state index in [9.17, 15) is 18.4 Å². The number of likely N-dealkylation sites (tertiary alicyclic amines) is 1. The van der Waals surface area contributed by atoms with Gasteiger partial charge in [-0.3, -0.25) is 0 Å². The summed E-state index contributed by atoms with van der Waals surface area (Å²) in [5, 5.41) is 2.73. The zero-order valence-corrected chi connectivity index (χ0v) is 17.3. The third kappa shape index (κ3) is 5.50. The smallest absolute Gasteiger partial charge is 0.410 e. The molecule has 3 amide bonds. The van der Waals surface area contributed by atoms with Gasteiger partial charge in [0.15, 0.2) is 0 Å². The zero-order chi connectivity index (χ0) is 21.9. The van der Waals surface area contributed by atoms with Crippen molar-refractivity contribution in [3.05, 3.63) is 24.3 Å². The number of amides is 3. The molecule has 0 saturated carbocycles. The number of hydrogen-bond donors (Lipinski definition) is 1. The molecule has 0 aliphatic carbocycles. The van der Waals surface area contributed by atoms with Gasteiger partial charge in [0.1, 0.15) is 18.0 Å². The number of hydrogen-bond acceptors (Lipinski definition) is 5. The zero-order valence-electron chi connectivity index (χ0n) is 17.3. The number of carbonyl (C=O) groups excluding carboxylic acids is 2. The van der Waals surface area contributed by atoms with Gasteiger partial charge in [0.05, 0.1) is 31.0 Å². The van der Waals surface area contributed by atoms with Crippen LogP contribution < -0.4 is 10.1 Å². The number of nitrogens with one attached hydrogen (secondary N) is 1. The van der Waals surface area contributed by atoms with E-state index in [4.69, 9.17) is 14.2 Å². The molecule has 2 aliphatic heterocycles. The van der Waals surface area contributed by atoms with E-state index in [1.807, 2.05) is 0 Å². The van der Waals surface area contributed by atoms with E-state index >= 15 is 0 Å². The van der Waals surface area contributed by atoms with Crippen molar-refractivity contribution in [2.75, 3.05) is 38.2 Å². The Morgan fingerprint density at radius 1 is 1.27 bits per heavy atom. The van der Waals surface area contributed by atoms with E-state index in [2.05, 4.69) is 5.32 Å². The number of anilines is 1.